The molecule has 1 fully saturated rings. The number of hydrogen-bond acceptors (Lipinski definition) is 7. The van der Waals surface area contributed by atoms with Crippen LogP contribution in [0, 0.1) is 0 Å². The predicted octanol–water partition coefficient (Wildman–Crippen LogP) is 0.865. The number of fused-ring (bicyclic) bond motifs is 1. The van der Waals surface area contributed by atoms with Gasteiger partial charge in [-0.1, -0.05) is 35.5 Å². The van der Waals surface area contributed by atoms with Crippen molar-refractivity contribution in [3.8, 4) is 0 Å². The molecule has 1 aliphatic rings. The highest BCUT2D eigenvalue weighted by Gasteiger charge is 2.32. The summed E-state index contributed by atoms with van der Waals surface area (Å²) in [7, 11) is -1.91. The van der Waals surface area contributed by atoms with Gasteiger partial charge in [-0.2, -0.15) is 9.40 Å². The zero-order valence-electron chi connectivity index (χ0n) is 17.4. The summed E-state index contributed by atoms with van der Waals surface area (Å²) >= 11 is 0. The van der Waals surface area contributed by atoms with E-state index in [4.69, 9.17) is 0 Å². The van der Waals surface area contributed by atoms with Crippen LogP contribution in [0.5, 0.6) is 0 Å². The van der Waals surface area contributed by atoms with Crippen LogP contribution < -0.4 is 5.56 Å². The summed E-state index contributed by atoms with van der Waals surface area (Å²) < 4.78 is 30.2. The third-order valence-corrected chi connectivity index (χ3v) is 7.58. The predicted molar refractivity (Wildman–Crippen MR) is 115 cm³/mol. The molecule has 166 valence electrons. The zero-order valence-corrected chi connectivity index (χ0v) is 18.2. The maximum Gasteiger partial charge on any atom is 0.281 e. The maximum atomic E-state index is 12.8. The van der Waals surface area contributed by atoms with Crippen molar-refractivity contribution >= 4 is 21.2 Å². The van der Waals surface area contributed by atoms with Gasteiger partial charge < -0.3 is 4.98 Å². The van der Waals surface area contributed by atoms with E-state index in [1.165, 1.54) is 21.4 Å². The highest BCUT2D eigenvalue weighted by molar-refractivity contribution is 7.89. The number of rotatable bonds is 5. The normalized spacial score (nSPS) is 16.0. The topological polar surface area (TPSA) is 132 Å². The quantitative estimate of drug-likeness (QED) is 0.473. The van der Waals surface area contributed by atoms with Crippen LogP contribution in [0.25, 0.3) is 11.2 Å². The molecule has 4 heterocycles. The van der Waals surface area contributed by atoms with Crippen molar-refractivity contribution in [3.63, 3.8) is 0 Å². The minimum Gasteiger partial charge on any atom is -0.308 e. The van der Waals surface area contributed by atoms with Crippen LogP contribution in [-0.2, 0) is 23.6 Å². The lowest BCUT2D eigenvalue weighted by Crippen LogP contribution is -2.38. The SMILES string of the molecule is Cn1cc(S(=O)(=O)N2CCC(c3nc4c(nnn4Cc4ccccc4)c(=O)[nH]3)CC2)cn1. The second-order valence-electron chi connectivity index (χ2n) is 7.88. The summed E-state index contributed by atoms with van der Waals surface area (Å²) in [5.74, 6) is 0.477. The Kier molecular flexibility index (Phi) is 5.10. The second-order valence-corrected chi connectivity index (χ2v) is 9.82. The average Bonchev–Trinajstić information content (AvgIpc) is 3.42. The third kappa shape index (κ3) is 3.71. The van der Waals surface area contributed by atoms with E-state index in [0.717, 1.165) is 5.56 Å². The summed E-state index contributed by atoms with van der Waals surface area (Å²) in [4.78, 5) is 20.3. The fraction of sp³-hybridized carbons (Fsp3) is 0.350. The zero-order chi connectivity index (χ0) is 22.3. The molecule has 12 heteroatoms. The van der Waals surface area contributed by atoms with Crippen LogP contribution >= 0.6 is 0 Å². The first-order valence-electron chi connectivity index (χ1n) is 10.3. The van der Waals surface area contributed by atoms with Crippen LogP contribution in [0.1, 0.15) is 30.1 Å². The fourth-order valence-corrected chi connectivity index (χ4v) is 5.45. The van der Waals surface area contributed by atoms with E-state index in [9.17, 15) is 13.2 Å². The third-order valence-electron chi connectivity index (χ3n) is 5.73. The number of aromatic nitrogens is 7. The molecule has 11 nitrogen and oxygen atoms in total. The van der Waals surface area contributed by atoms with Crippen LogP contribution in [0.4, 0.5) is 0 Å². The van der Waals surface area contributed by atoms with Crippen molar-refractivity contribution in [2.24, 2.45) is 7.05 Å². The van der Waals surface area contributed by atoms with Gasteiger partial charge in [0.05, 0.1) is 12.7 Å². The lowest BCUT2D eigenvalue weighted by atomic mass is 9.97. The van der Waals surface area contributed by atoms with Crippen LogP contribution in [0.2, 0.25) is 0 Å². The number of hydrogen-bond donors (Lipinski definition) is 1. The fourth-order valence-electron chi connectivity index (χ4n) is 3.99. The number of piperidine rings is 1. The molecule has 3 aromatic heterocycles. The summed E-state index contributed by atoms with van der Waals surface area (Å²) in [6, 6.07) is 9.76. The number of nitrogens with one attached hydrogen (secondary N) is 1. The monoisotopic (exact) mass is 454 g/mol. The lowest BCUT2D eigenvalue weighted by Gasteiger charge is -2.30. The number of benzene rings is 1. The van der Waals surface area contributed by atoms with Gasteiger partial charge in [0.25, 0.3) is 5.56 Å². The van der Waals surface area contributed by atoms with Gasteiger partial charge in [-0.05, 0) is 18.4 Å². The highest BCUT2D eigenvalue weighted by atomic mass is 32.2. The van der Waals surface area contributed by atoms with Crippen molar-refractivity contribution in [1.82, 2.24) is 39.0 Å². The number of H-pyrrole nitrogens is 1. The van der Waals surface area contributed by atoms with E-state index in [-0.39, 0.29) is 21.9 Å². The van der Waals surface area contributed by atoms with Crippen LogP contribution in [-0.4, -0.2) is 60.6 Å². The first-order chi connectivity index (χ1) is 15.4. The molecule has 0 bridgehead atoms. The molecule has 5 rings (SSSR count). The molecule has 4 aromatic rings. The summed E-state index contributed by atoms with van der Waals surface area (Å²) in [6.45, 7) is 1.13. The van der Waals surface area contributed by atoms with Gasteiger partial charge in [0.1, 0.15) is 10.7 Å². The maximum absolute atomic E-state index is 12.8. The van der Waals surface area contributed by atoms with E-state index in [2.05, 4.69) is 25.4 Å². The Morgan fingerprint density at radius 3 is 2.59 bits per heavy atom. The lowest BCUT2D eigenvalue weighted by molar-refractivity contribution is 0.313. The summed E-state index contributed by atoms with van der Waals surface area (Å²) in [5, 5.41) is 12.1. The van der Waals surface area contributed by atoms with Gasteiger partial charge in [-0.25, -0.2) is 18.1 Å². The molecular formula is C20H22N8O3S. The van der Waals surface area contributed by atoms with Gasteiger partial charge in [-0.3, -0.25) is 9.48 Å². The molecule has 0 atom stereocenters. The first kappa shape index (κ1) is 20.5. The first-order valence-corrected chi connectivity index (χ1v) is 11.7. The van der Waals surface area contributed by atoms with Crippen LogP contribution in [0.15, 0.2) is 52.4 Å². The van der Waals surface area contributed by atoms with Crippen molar-refractivity contribution in [3.05, 3.63) is 64.5 Å². The van der Waals surface area contributed by atoms with E-state index in [1.807, 2.05) is 30.3 Å². The molecule has 0 aliphatic carbocycles. The molecule has 0 unspecified atom stereocenters. The minimum absolute atomic E-state index is 0.0625. The standard InChI is InChI=1S/C20H22N8O3S/c1-26-13-16(11-21-26)32(30,31)27-9-7-15(8-10-27)18-22-19-17(20(29)23-18)24-25-28(19)12-14-5-3-2-4-6-14/h2-6,11,13,15H,7-10,12H2,1H3,(H,22,23,29). The highest BCUT2D eigenvalue weighted by Crippen LogP contribution is 2.29. The molecule has 0 amide bonds. The molecule has 0 saturated carbocycles. The van der Waals surface area contributed by atoms with Crippen molar-refractivity contribution < 1.29 is 8.42 Å². The Balaban J connectivity index is 1.37. The second kappa shape index (κ2) is 7.95. The Morgan fingerprint density at radius 1 is 1.16 bits per heavy atom. The molecule has 0 spiro atoms. The molecule has 1 saturated heterocycles. The van der Waals surface area contributed by atoms with Crippen molar-refractivity contribution in [2.75, 3.05) is 13.1 Å². The number of sulfonamides is 1. The molecule has 1 aliphatic heterocycles. The van der Waals surface area contributed by atoms with E-state index < -0.39 is 10.0 Å². The Bertz CT molecular complexity index is 1420. The van der Waals surface area contributed by atoms with Crippen LogP contribution in [0.3, 0.4) is 0 Å². The molecule has 1 aromatic carbocycles. The number of nitrogens with zero attached hydrogens (tertiary/aromatic N) is 7. The Hall–Kier alpha value is -3.38. The van der Waals surface area contributed by atoms with E-state index in [0.29, 0.717) is 43.9 Å². The Morgan fingerprint density at radius 2 is 1.91 bits per heavy atom. The van der Waals surface area contributed by atoms with E-state index in [1.54, 1.807) is 11.7 Å². The smallest absolute Gasteiger partial charge is 0.281 e. The largest absolute Gasteiger partial charge is 0.308 e. The number of aromatic amines is 1. The van der Waals surface area contributed by atoms with Gasteiger partial charge in [-0.15, -0.1) is 5.10 Å². The van der Waals surface area contributed by atoms with Crippen molar-refractivity contribution in [1.29, 1.82) is 0 Å². The molecule has 32 heavy (non-hydrogen) atoms. The summed E-state index contributed by atoms with van der Waals surface area (Å²) in [5.41, 5.74) is 1.31. The van der Waals surface area contributed by atoms with E-state index >= 15 is 0 Å². The molecule has 1 N–H and O–H groups in total. The van der Waals surface area contributed by atoms with Crippen molar-refractivity contribution in [2.45, 2.75) is 30.2 Å². The summed E-state index contributed by atoms with van der Waals surface area (Å²) in [6.07, 6.45) is 3.95. The van der Waals surface area contributed by atoms with Gasteiger partial charge in [0, 0.05) is 32.3 Å². The number of aryl methyl sites for hydroxylation is 1. The Labute approximate surface area is 183 Å². The average molecular weight is 455 g/mol. The molecule has 0 radical (unpaired) electrons. The van der Waals surface area contributed by atoms with Gasteiger partial charge in [0.2, 0.25) is 10.0 Å². The molecular weight excluding hydrogens is 432 g/mol. The van der Waals surface area contributed by atoms with Gasteiger partial charge in [0.15, 0.2) is 11.2 Å². The van der Waals surface area contributed by atoms with Gasteiger partial charge >= 0.3 is 0 Å². The minimum atomic E-state index is -3.59.